The topological polar surface area (TPSA) is 73.1 Å². The normalized spacial score (nSPS) is 15.5. The maximum atomic E-state index is 13.5. The van der Waals surface area contributed by atoms with Gasteiger partial charge in [0, 0.05) is 42.8 Å². The number of amides is 1. The van der Waals surface area contributed by atoms with Crippen molar-refractivity contribution in [3.05, 3.63) is 96.3 Å². The van der Waals surface area contributed by atoms with Crippen LogP contribution in [0, 0.1) is 0 Å². The van der Waals surface area contributed by atoms with E-state index in [1.54, 1.807) is 25.8 Å². The van der Waals surface area contributed by atoms with Crippen LogP contribution in [0.5, 0.6) is 5.75 Å². The molecule has 0 radical (unpaired) electrons. The van der Waals surface area contributed by atoms with Crippen molar-refractivity contribution in [2.24, 2.45) is 0 Å². The highest BCUT2D eigenvalue weighted by molar-refractivity contribution is 5.94. The van der Waals surface area contributed by atoms with Gasteiger partial charge in [0.1, 0.15) is 5.75 Å². The summed E-state index contributed by atoms with van der Waals surface area (Å²) in [5.74, 6) is 1.48. The third-order valence-electron chi connectivity index (χ3n) is 5.98. The van der Waals surface area contributed by atoms with Crippen molar-refractivity contribution in [2.45, 2.75) is 25.4 Å². The Morgan fingerprint density at radius 2 is 2.00 bits per heavy atom. The van der Waals surface area contributed by atoms with E-state index in [9.17, 15) is 4.79 Å². The van der Waals surface area contributed by atoms with Gasteiger partial charge in [0.05, 0.1) is 25.2 Å². The number of rotatable bonds is 6. The molecule has 5 rings (SSSR count). The second kappa shape index (κ2) is 9.24. The Bertz CT molecular complexity index is 1240. The molecule has 0 bridgehead atoms. The Balaban J connectivity index is 1.37. The molecular weight excluding hydrogens is 414 g/mol. The average molecular weight is 440 g/mol. The Kier molecular flexibility index (Phi) is 5.85. The van der Waals surface area contributed by atoms with Gasteiger partial charge in [-0.1, -0.05) is 12.1 Å². The van der Waals surface area contributed by atoms with Gasteiger partial charge in [0.15, 0.2) is 5.82 Å². The van der Waals surface area contributed by atoms with Crippen LogP contribution in [0.15, 0.2) is 79.5 Å². The molecule has 2 aromatic heterocycles. The van der Waals surface area contributed by atoms with Crippen molar-refractivity contribution in [2.75, 3.05) is 13.7 Å². The first-order valence-electron chi connectivity index (χ1n) is 11.0. The molecule has 1 aliphatic rings. The van der Waals surface area contributed by atoms with Crippen molar-refractivity contribution < 1.29 is 9.53 Å². The molecule has 7 nitrogen and oxygen atoms in total. The lowest BCUT2D eigenvalue weighted by atomic mass is 10.1. The van der Waals surface area contributed by atoms with E-state index in [2.05, 4.69) is 9.97 Å². The van der Waals surface area contributed by atoms with E-state index in [4.69, 9.17) is 9.72 Å². The lowest BCUT2D eigenvalue weighted by Gasteiger charge is -2.25. The van der Waals surface area contributed by atoms with E-state index in [0.29, 0.717) is 17.9 Å². The van der Waals surface area contributed by atoms with E-state index >= 15 is 0 Å². The van der Waals surface area contributed by atoms with E-state index < -0.39 is 0 Å². The summed E-state index contributed by atoms with van der Waals surface area (Å²) < 4.78 is 7.23. The Labute approximate surface area is 192 Å². The fraction of sp³-hybridized carbons (Fsp3) is 0.231. The summed E-state index contributed by atoms with van der Waals surface area (Å²) in [6.07, 6.45) is 9.06. The minimum Gasteiger partial charge on any atom is -0.497 e. The molecule has 1 fully saturated rings. The smallest absolute Gasteiger partial charge is 0.254 e. The minimum absolute atomic E-state index is 0.0367. The Hall–Kier alpha value is -4.00. The zero-order valence-corrected chi connectivity index (χ0v) is 18.5. The number of hydrogen-bond acceptors (Lipinski definition) is 5. The zero-order chi connectivity index (χ0) is 22.6. The van der Waals surface area contributed by atoms with Crippen LogP contribution in [-0.2, 0) is 6.54 Å². The maximum Gasteiger partial charge on any atom is 0.254 e. The summed E-state index contributed by atoms with van der Waals surface area (Å²) in [7, 11) is 1.64. The molecule has 7 heteroatoms. The van der Waals surface area contributed by atoms with E-state index in [1.165, 1.54) is 0 Å². The molecule has 4 aromatic rings. The number of carbonyl (C=O) groups excluding carboxylic acids is 1. The summed E-state index contributed by atoms with van der Waals surface area (Å²) in [6.45, 7) is 1.40. The van der Waals surface area contributed by atoms with Crippen LogP contribution in [0.4, 0.5) is 0 Å². The first-order valence-corrected chi connectivity index (χ1v) is 11.0. The lowest BCUT2D eigenvalue weighted by molar-refractivity contribution is 0.0732. The van der Waals surface area contributed by atoms with Crippen LogP contribution in [0.3, 0.4) is 0 Å². The number of aromatic nitrogens is 4. The molecule has 1 atom stereocenters. The van der Waals surface area contributed by atoms with Gasteiger partial charge in [0.2, 0.25) is 0 Å². The first kappa shape index (κ1) is 20.9. The van der Waals surface area contributed by atoms with Gasteiger partial charge in [-0.05, 0) is 60.9 Å². The van der Waals surface area contributed by atoms with Crippen molar-refractivity contribution in [1.82, 2.24) is 24.4 Å². The van der Waals surface area contributed by atoms with Gasteiger partial charge in [-0.25, -0.2) is 15.0 Å². The Morgan fingerprint density at radius 1 is 1.12 bits per heavy atom. The van der Waals surface area contributed by atoms with Gasteiger partial charge in [-0.2, -0.15) is 0 Å². The van der Waals surface area contributed by atoms with Gasteiger partial charge < -0.3 is 14.2 Å². The second-order valence-electron chi connectivity index (χ2n) is 8.13. The highest BCUT2D eigenvalue weighted by Gasteiger charge is 2.32. The lowest BCUT2D eigenvalue weighted by Crippen LogP contribution is -2.31. The van der Waals surface area contributed by atoms with Crippen molar-refractivity contribution in [3.8, 4) is 17.1 Å². The molecule has 3 heterocycles. The molecule has 0 saturated carbocycles. The molecule has 1 amide bonds. The van der Waals surface area contributed by atoms with Crippen LogP contribution in [0.25, 0.3) is 11.4 Å². The second-order valence-corrected chi connectivity index (χ2v) is 8.13. The molecule has 2 aromatic carbocycles. The van der Waals surface area contributed by atoms with Gasteiger partial charge in [-0.15, -0.1) is 0 Å². The predicted octanol–water partition coefficient (Wildman–Crippen LogP) is 4.37. The van der Waals surface area contributed by atoms with E-state index in [1.807, 2.05) is 70.3 Å². The number of imidazole rings is 1. The van der Waals surface area contributed by atoms with Crippen LogP contribution in [-0.4, -0.2) is 44.0 Å². The highest BCUT2D eigenvalue weighted by atomic mass is 16.5. The molecular formula is C26H25N5O2. The van der Waals surface area contributed by atoms with E-state index in [-0.39, 0.29) is 11.9 Å². The number of nitrogens with zero attached hydrogens (tertiary/aromatic N) is 5. The molecule has 1 aliphatic heterocycles. The van der Waals surface area contributed by atoms with Crippen LogP contribution in [0.2, 0.25) is 0 Å². The third-order valence-corrected chi connectivity index (χ3v) is 5.98. The van der Waals surface area contributed by atoms with Crippen LogP contribution < -0.4 is 4.74 Å². The molecule has 1 unspecified atom stereocenters. The van der Waals surface area contributed by atoms with Crippen molar-refractivity contribution in [1.29, 1.82) is 0 Å². The number of methoxy groups -OCH3 is 1. The molecule has 0 spiro atoms. The number of likely N-dealkylation sites (tertiary alicyclic amines) is 1. The highest BCUT2D eigenvalue weighted by Crippen LogP contribution is 2.33. The van der Waals surface area contributed by atoms with Crippen LogP contribution >= 0.6 is 0 Å². The summed E-state index contributed by atoms with van der Waals surface area (Å²) >= 11 is 0. The quantitative estimate of drug-likeness (QED) is 0.446. The number of carbonyl (C=O) groups is 1. The SMILES string of the molecule is COc1ccc(-c2nccc(C3CCCN3C(=O)c3cccc(Cn4ccnc4)c3)n2)cc1. The molecule has 0 aliphatic carbocycles. The number of benzene rings is 2. The molecule has 166 valence electrons. The van der Waals surface area contributed by atoms with Crippen LogP contribution in [0.1, 0.15) is 40.5 Å². The predicted molar refractivity (Wildman–Crippen MR) is 125 cm³/mol. The fourth-order valence-corrected chi connectivity index (χ4v) is 4.31. The van der Waals surface area contributed by atoms with Gasteiger partial charge in [0.25, 0.3) is 5.91 Å². The Morgan fingerprint density at radius 3 is 2.79 bits per heavy atom. The number of hydrogen-bond donors (Lipinski definition) is 0. The maximum absolute atomic E-state index is 13.5. The summed E-state index contributed by atoms with van der Waals surface area (Å²) in [5.41, 5.74) is 3.55. The molecule has 33 heavy (non-hydrogen) atoms. The van der Waals surface area contributed by atoms with Gasteiger partial charge >= 0.3 is 0 Å². The largest absolute Gasteiger partial charge is 0.497 e. The van der Waals surface area contributed by atoms with E-state index in [0.717, 1.165) is 42.0 Å². The standard InChI is InChI=1S/C26H25N5O2/c1-33-22-9-7-20(8-10-22)25-28-12-11-23(29-25)24-6-3-14-31(24)26(32)21-5-2-4-19(16-21)17-30-15-13-27-18-30/h2,4-5,7-13,15-16,18,24H,3,6,14,17H2,1H3. The third kappa shape index (κ3) is 4.48. The fourth-order valence-electron chi connectivity index (χ4n) is 4.31. The molecule has 0 N–H and O–H groups in total. The van der Waals surface area contributed by atoms with Crippen molar-refractivity contribution >= 4 is 5.91 Å². The number of ether oxygens (including phenoxy) is 1. The molecule has 1 saturated heterocycles. The minimum atomic E-state index is -0.0604. The summed E-state index contributed by atoms with van der Waals surface area (Å²) in [6, 6.07) is 17.4. The average Bonchev–Trinajstić information content (AvgIpc) is 3.56. The van der Waals surface area contributed by atoms with Crippen molar-refractivity contribution in [3.63, 3.8) is 0 Å². The van der Waals surface area contributed by atoms with Gasteiger partial charge in [-0.3, -0.25) is 4.79 Å². The summed E-state index contributed by atoms with van der Waals surface area (Å²) in [5, 5.41) is 0. The zero-order valence-electron chi connectivity index (χ0n) is 18.5. The first-order chi connectivity index (χ1) is 16.2. The summed E-state index contributed by atoms with van der Waals surface area (Å²) in [4.78, 5) is 28.8. The monoisotopic (exact) mass is 439 g/mol.